The molecule has 0 atom stereocenters. The zero-order chi connectivity index (χ0) is 14.0. The first-order chi connectivity index (χ1) is 8.97. The molecular weight excluding hydrogens is 382 g/mol. The van der Waals surface area contributed by atoms with Gasteiger partial charge < -0.3 is 10.5 Å². The van der Waals surface area contributed by atoms with Gasteiger partial charge in [0.1, 0.15) is 0 Å². The number of anilines is 1. The third kappa shape index (κ3) is 3.21. The first kappa shape index (κ1) is 13.8. The number of halogens is 2. The van der Waals surface area contributed by atoms with E-state index in [1.165, 1.54) is 18.3 Å². The lowest BCUT2D eigenvalue weighted by atomic mass is 10.3. The molecule has 0 spiro atoms. The van der Waals surface area contributed by atoms with Gasteiger partial charge in [-0.25, -0.2) is 4.98 Å². The van der Waals surface area contributed by atoms with Crippen LogP contribution in [0.25, 0.3) is 0 Å². The topological polar surface area (TPSA) is 91.3 Å². The molecule has 0 saturated heterocycles. The second-order valence-electron chi connectivity index (χ2n) is 3.53. The summed E-state index contributed by atoms with van der Waals surface area (Å²) in [4.78, 5) is 14.2. The van der Waals surface area contributed by atoms with Crippen LogP contribution in [-0.4, -0.2) is 9.91 Å². The molecular formula is C11H7Br2N3O3. The molecule has 98 valence electrons. The Hall–Kier alpha value is -1.67. The van der Waals surface area contributed by atoms with E-state index in [9.17, 15) is 10.1 Å². The fraction of sp³-hybridized carbons (Fsp3) is 0. The summed E-state index contributed by atoms with van der Waals surface area (Å²) < 4.78 is 6.43. The Balaban J connectivity index is 2.38. The lowest BCUT2D eigenvalue weighted by Gasteiger charge is -2.09. The van der Waals surface area contributed by atoms with Crippen LogP contribution in [-0.2, 0) is 0 Å². The van der Waals surface area contributed by atoms with E-state index in [1.54, 1.807) is 12.1 Å². The quantitative estimate of drug-likeness (QED) is 0.636. The molecule has 0 radical (unpaired) electrons. The molecule has 0 amide bonds. The van der Waals surface area contributed by atoms with Gasteiger partial charge in [0.25, 0.3) is 5.69 Å². The summed E-state index contributed by atoms with van der Waals surface area (Å²) in [6, 6.07) is 5.89. The minimum absolute atomic E-state index is 0.0494. The van der Waals surface area contributed by atoms with Crippen LogP contribution in [0.3, 0.4) is 0 Å². The lowest BCUT2D eigenvalue weighted by Crippen LogP contribution is -1.94. The standard InChI is InChI=1S/C11H7Br2N3O3/c12-8-4-7(16(17)18)5-9(13)11(8)19-10-3-6(14)1-2-15-10/h1-5H,(H2,14,15). The monoisotopic (exact) mass is 387 g/mol. The molecule has 1 heterocycles. The fourth-order valence-corrected chi connectivity index (χ4v) is 2.66. The van der Waals surface area contributed by atoms with Crippen LogP contribution in [0.15, 0.2) is 39.4 Å². The molecule has 0 aliphatic carbocycles. The minimum Gasteiger partial charge on any atom is -0.437 e. The molecule has 0 bridgehead atoms. The number of nitrogens with two attached hydrogens (primary N) is 1. The zero-order valence-corrected chi connectivity index (χ0v) is 12.5. The zero-order valence-electron chi connectivity index (χ0n) is 9.34. The number of hydrogen-bond donors (Lipinski definition) is 1. The summed E-state index contributed by atoms with van der Waals surface area (Å²) in [5, 5.41) is 10.7. The van der Waals surface area contributed by atoms with Crippen molar-refractivity contribution < 1.29 is 9.66 Å². The highest BCUT2D eigenvalue weighted by Crippen LogP contribution is 2.39. The van der Waals surface area contributed by atoms with Crippen LogP contribution >= 0.6 is 31.9 Å². The van der Waals surface area contributed by atoms with Gasteiger partial charge >= 0.3 is 0 Å². The van der Waals surface area contributed by atoms with Crippen LogP contribution in [0.1, 0.15) is 0 Å². The Morgan fingerprint density at radius 1 is 1.26 bits per heavy atom. The maximum absolute atomic E-state index is 10.7. The Bertz CT molecular complexity index is 626. The van der Waals surface area contributed by atoms with Crippen LogP contribution in [0.5, 0.6) is 11.6 Å². The van der Waals surface area contributed by atoms with Crippen molar-refractivity contribution in [3.05, 3.63) is 49.5 Å². The van der Waals surface area contributed by atoms with E-state index in [-0.39, 0.29) is 5.69 Å². The summed E-state index contributed by atoms with van der Waals surface area (Å²) >= 11 is 6.45. The Morgan fingerprint density at radius 2 is 1.89 bits per heavy atom. The SMILES string of the molecule is Nc1ccnc(Oc2c(Br)cc([N+](=O)[O-])cc2Br)c1. The summed E-state index contributed by atoms with van der Waals surface area (Å²) in [7, 11) is 0. The predicted molar refractivity (Wildman–Crippen MR) is 77.2 cm³/mol. The minimum atomic E-state index is -0.488. The lowest BCUT2D eigenvalue weighted by molar-refractivity contribution is -0.385. The van der Waals surface area contributed by atoms with Crippen LogP contribution in [0.4, 0.5) is 11.4 Å². The summed E-state index contributed by atoms with van der Waals surface area (Å²) in [5.41, 5.74) is 6.08. The highest BCUT2D eigenvalue weighted by atomic mass is 79.9. The normalized spacial score (nSPS) is 10.2. The number of aromatic nitrogens is 1. The highest BCUT2D eigenvalue weighted by Gasteiger charge is 2.16. The Morgan fingerprint density at radius 3 is 2.42 bits per heavy atom. The highest BCUT2D eigenvalue weighted by molar-refractivity contribution is 9.11. The predicted octanol–water partition coefficient (Wildman–Crippen LogP) is 3.89. The van der Waals surface area contributed by atoms with E-state index in [1.807, 2.05) is 0 Å². The van der Waals surface area contributed by atoms with E-state index in [4.69, 9.17) is 10.5 Å². The number of benzene rings is 1. The number of non-ortho nitro benzene ring substituents is 1. The number of nitrogen functional groups attached to an aromatic ring is 1. The molecule has 19 heavy (non-hydrogen) atoms. The van der Waals surface area contributed by atoms with Gasteiger partial charge in [-0.2, -0.15) is 0 Å². The number of nitro benzene ring substituents is 1. The van der Waals surface area contributed by atoms with Crippen LogP contribution in [0, 0.1) is 10.1 Å². The van der Waals surface area contributed by atoms with Crippen molar-refractivity contribution >= 4 is 43.2 Å². The number of pyridine rings is 1. The third-order valence-corrected chi connectivity index (χ3v) is 3.34. The van der Waals surface area contributed by atoms with E-state index >= 15 is 0 Å². The van der Waals surface area contributed by atoms with Crippen molar-refractivity contribution in [1.82, 2.24) is 4.98 Å². The van der Waals surface area contributed by atoms with Gasteiger partial charge in [-0.3, -0.25) is 10.1 Å². The first-order valence-corrected chi connectivity index (χ1v) is 6.59. The maximum Gasteiger partial charge on any atom is 0.271 e. The summed E-state index contributed by atoms with van der Waals surface area (Å²) in [5.74, 6) is 0.693. The van der Waals surface area contributed by atoms with Gasteiger partial charge in [0, 0.05) is 30.1 Å². The molecule has 2 aromatic rings. The number of ether oxygens (including phenoxy) is 1. The van der Waals surface area contributed by atoms with Crippen molar-refractivity contribution in [2.45, 2.75) is 0 Å². The summed E-state index contributed by atoms with van der Waals surface area (Å²) in [6.45, 7) is 0. The molecule has 8 heteroatoms. The summed E-state index contributed by atoms with van der Waals surface area (Å²) in [6.07, 6.45) is 1.51. The van der Waals surface area contributed by atoms with Crippen molar-refractivity contribution in [1.29, 1.82) is 0 Å². The number of hydrogen-bond acceptors (Lipinski definition) is 5. The van der Waals surface area contributed by atoms with E-state index in [0.717, 1.165) is 0 Å². The van der Waals surface area contributed by atoms with Gasteiger partial charge in [0.15, 0.2) is 5.75 Å². The van der Waals surface area contributed by atoms with Crippen molar-refractivity contribution in [2.75, 3.05) is 5.73 Å². The third-order valence-electron chi connectivity index (χ3n) is 2.16. The molecule has 0 unspecified atom stereocenters. The van der Waals surface area contributed by atoms with Gasteiger partial charge in [-0.05, 0) is 37.9 Å². The second-order valence-corrected chi connectivity index (χ2v) is 5.23. The van der Waals surface area contributed by atoms with Gasteiger partial charge in [0.2, 0.25) is 5.88 Å². The molecule has 0 fully saturated rings. The van der Waals surface area contributed by atoms with E-state index in [0.29, 0.717) is 26.3 Å². The molecule has 6 nitrogen and oxygen atoms in total. The average Bonchev–Trinajstić information content (AvgIpc) is 2.33. The van der Waals surface area contributed by atoms with Gasteiger partial charge in [-0.15, -0.1) is 0 Å². The van der Waals surface area contributed by atoms with Crippen LogP contribution < -0.4 is 10.5 Å². The molecule has 0 aliphatic heterocycles. The molecule has 0 aliphatic rings. The van der Waals surface area contributed by atoms with Crippen LogP contribution in [0.2, 0.25) is 0 Å². The smallest absolute Gasteiger partial charge is 0.271 e. The molecule has 2 N–H and O–H groups in total. The maximum atomic E-state index is 10.7. The van der Waals surface area contributed by atoms with Gasteiger partial charge in [0.05, 0.1) is 13.9 Å². The van der Waals surface area contributed by atoms with E-state index in [2.05, 4.69) is 36.8 Å². The fourth-order valence-electron chi connectivity index (χ4n) is 1.33. The Labute approximate surface area is 125 Å². The molecule has 1 aromatic carbocycles. The Kier molecular flexibility index (Phi) is 4.01. The number of rotatable bonds is 3. The van der Waals surface area contributed by atoms with E-state index < -0.39 is 4.92 Å². The molecule has 1 aromatic heterocycles. The molecule has 2 rings (SSSR count). The van der Waals surface area contributed by atoms with Crippen molar-refractivity contribution in [2.24, 2.45) is 0 Å². The molecule has 0 saturated carbocycles. The van der Waals surface area contributed by atoms with Crippen molar-refractivity contribution in [3.8, 4) is 11.6 Å². The average molecular weight is 389 g/mol. The largest absolute Gasteiger partial charge is 0.437 e. The van der Waals surface area contributed by atoms with Crippen molar-refractivity contribution in [3.63, 3.8) is 0 Å². The number of nitrogens with zero attached hydrogens (tertiary/aromatic N) is 2. The second kappa shape index (κ2) is 5.54. The van der Waals surface area contributed by atoms with Gasteiger partial charge in [-0.1, -0.05) is 0 Å². The number of nitro groups is 1. The first-order valence-electron chi connectivity index (χ1n) is 5.00.